The van der Waals surface area contributed by atoms with Gasteiger partial charge in [0.1, 0.15) is 0 Å². The average molecular weight is 284 g/mol. The number of benzene rings is 2. The predicted molar refractivity (Wildman–Crippen MR) is 98.1 cm³/mol. The van der Waals surface area contributed by atoms with Crippen LogP contribution >= 0.6 is 0 Å². The van der Waals surface area contributed by atoms with E-state index < -0.39 is 0 Å². The molecule has 0 saturated carbocycles. The Morgan fingerprint density at radius 1 is 0.636 bits per heavy atom. The van der Waals surface area contributed by atoms with E-state index in [0.29, 0.717) is 6.35 Å². The van der Waals surface area contributed by atoms with Gasteiger partial charge in [0.15, 0.2) is 0 Å². The molecule has 0 N–H and O–H groups in total. The van der Waals surface area contributed by atoms with Crippen molar-refractivity contribution in [2.24, 2.45) is 0 Å². The third-order valence-corrected chi connectivity index (χ3v) is 4.43. The van der Waals surface area contributed by atoms with E-state index in [1.54, 1.807) is 0 Å². The van der Waals surface area contributed by atoms with Crippen LogP contribution in [0.15, 0.2) is 24.3 Å². The molecule has 0 bridgehead atoms. The van der Waals surface area contributed by atoms with Gasteiger partial charge in [-0.15, -0.1) is 0 Å². The Balaban J connectivity index is 0.00000242. The van der Waals surface area contributed by atoms with E-state index in [1.807, 2.05) is 0 Å². The van der Waals surface area contributed by atoms with Gasteiger partial charge in [0.05, 0.1) is 0 Å². The Labute approximate surface area is 148 Å². The Hall–Kier alpha value is -1.03. The molecule has 0 amide bonds. The molecular weight excluding hydrogens is 258 g/mol. The van der Waals surface area contributed by atoms with E-state index >= 15 is 0 Å². The molecule has 0 fully saturated rings. The average Bonchev–Trinajstić information content (AvgIpc) is 2.34. The number of hydrogen-bond acceptors (Lipinski definition) is 0. The molecule has 0 heterocycles. The molecule has 2 aromatic carbocycles. The summed E-state index contributed by atoms with van der Waals surface area (Å²) in [5.41, 5.74) is 11.2. The molecule has 0 aromatic heterocycles. The van der Waals surface area contributed by atoms with Crippen LogP contribution in [0.5, 0.6) is 0 Å². The Bertz CT molecular complexity index is 621. The minimum atomic E-state index is 0. The van der Waals surface area contributed by atoms with Crippen molar-refractivity contribution in [2.45, 2.75) is 48.5 Å². The van der Waals surface area contributed by atoms with Gasteiger partial charge in [-0.3, -0.25) is 5.97 Å². The number of rotatable bonds is 2. The summed E-state index contributed by atoms with van der Waals surface area (Å²) in [6.07, 6.45) is 0.381. The molecule has 22 heavy (non-hydrogen) atoms. The van der Waals surface area contributed by atoms with Crippen LogP contribution < -0.4 is 29.8 Å². The first-order valence-corrected chi connectivity index (χ1v) is 7.80. The van der Waals surface area contributed by atoms with Crippen molar-refractivity contribution in [1.29, 1.82) is 0 Å². The van der Waals surface area contributed by atoms with Gasteiger partial charge in [-0.1, -0.05) is 70.9 Å². The normalized spacial score (nSPS) is 10.1. The molecular formula is C20H26BLi. The van der Waals surface area contributed by atoms with Crippen molar-refractivity contribution < 1.29 is 18.9 Å². The van der Waals surface area contributed by atoms with Gasteiger partial charge in [-0.2, -0.15) is 0 Å². The number of aryl methyl sites for hydroxylation is 6. The SMILES string of the molecule is CC=[B-](c1c(C)cc(C)cc1C)c1c(C)cc(C)cc1C.[Li+]. The summed E-state index contributed by atoms with van der Waals surface area (Å²) < 4.78 is 0. The Morgan fingerprint density at radius 2 is 0.909 bits per heavy atom. The third-order valence-electron chi connectivity index (χ3n) is 4.43. The second-order valence-electron chi connectivity index (χ2n) is 6.44. The molecule has 2 aromatic rings. The zero-order valence-corrected chi connectivity index (χ0v) is 15.5. The van der Waals surface area contributed by atoms with Crippen molar-refractivity contribution >= 4 is 23.2 Å². The van der Waals surface area contributed by atoms with Gasteiger partial charge in [0.25, 0.3) is 0 Å². The first-order valence-electron chi connectivity index (χ1n) is 7.80. The molecule has 2 rings (SSSR count). The van der Waals surface area contributed by atoms with Crippen LogP contribution in [0.2, 0.25) is 0 Å². The predicted octanol–water partition coefficient (Wildman–Crippen LogP) is 0.554. The maximum absolute atomic E-state index is 2.34. The van der Waals surface area contributed by atoms with Crippen LogP contribution in [-0.2, 0) is 0 Å². The van der Waals surface area contributed by atoms with Crippen LogP contribution in [0.3, 0.4) is 0 Å². The van der Waals surface area contributed by atoms with E-state index in [4.69, 9.17) is 0 Å². The van der Waals surface area contributed by atoms with Crippen molar-refractivity contribution in [2.75, 3.05) is 0 Å². The summed E-state index contributed by atoms with van der Waals surface area (Å²) >= 11 is 0. The first kappa shape index (κ1) is 19.0. The molecule has 0 unspecified atom stereocenters. The van der Waals surface area contributed by atoms with Crippen molar-refractivity contribution in [1.82, 2.24) is 0 Å². The van der Waals surface area contributed by atoms with E-state index in [2.05, 4.69) is 78.7 Å². The van der Waals surface area contributed by atoms with E-state index in [1.165, 1.54) is 44.3 Å². The molecule has 110 valence electrons. The molecule has 0 saturated heterocycles. The van der Waals surface area contributed by atoms with Gasteiger partial charge in [-0.05, 0) is 41.5 Å². The molecule has 0 atom stereocenters. The van der Waals surface area contributed by atoms with Crippen LogP contribution in [-0.4, -0.2) is 12.3 Å². The molecule has 2 heteroatoms. The van der Waals surface area contributed by atoms with Gasteiger partial charge >= 0.3 is 18.9 Å². The molecule has 0 aliphatic heterocycles. The summed E-state index contributed by atoms with van der Waals surface area (Å²) in [7, 11) is 0. The smallest absolute Gasteiger partial charge is 0.283 e. The van der Waals surface area contributed by atoms with Crippen LogP contribution in [0, 0.1) is 41.5 Å². The Morgan fingerprint density at radius 3 is 1.14 bits per heavy atom. The maximum atomic E-state index is 2.34. The van der Waals surface area contributed by atoms with E-state index in [9.17, 15) is 0 Å². The second kappa shape index (κ2) is 7.49. The summed E-state index contributed by atoms with van der Waals surface area (Å²) in [5, 5.41) is 0. The van der Waals surface area contributed by atoms with Crippen molar-refractivity contribution in [3.8, 4) is 0 Å². The van der Waals surface area contributed by atoms with E-state index in [0.717, 1.165) is 0 Å². The summed E-state index contributed by atoms with van der Waals surface area (Å²) in [4.78, 5) is 0. The Kier molecular flexibility index (Phi) is 6.48. The fourth-order valence-electron chi connectivity index (χ4n) is 3.84. The van der Waals surface area contributed by atoms with E-state index in [-0.39, 0.29) is 18.9 Å². The molecule has 0 spiro atoms. The quantitative estimate of drug-likeness (QED) is 0.707. The first-order chi connectivity index (χ1) is 9.85. The van der Waals surface area contributed by atoms with Gasteiger partial charge in [0.2, 0.25) is 0 Å². The fraction of sp³-hybridized carbons (Fsp3) is 0.350. The molecule has 0 radical (unpaired) electrons. The maximum Gasteiger partial charge on any atom is 1.00 e. The second-order valence-corrected chi connectivity index (χ2v) is 6.44. The van der Waals surface area contributed by atoms with Crippen LogP contribution in [0.25, 0.3) is 0 Å². The standard InChI is InChI=1S/C20H26B.Li/c1-8-21(19-15(4)9-13(2)10-16(19)5)20-17(6)11-14(3)12-18(20)7;/h8-12H,1-7H3;/q-1;+1. The van der Waals surface area contributed by atoms with Gasteiger partial charge in [-0.25, -0.2) is 10.9 Å². The summed E-state index contributed by atoms with van der Waals surface area (Å²) in [5.74, 6) is 2.34. The molecule has 0 aliphatic carbocycles. The largest absolute Gasteiger partial charge is 1.00 e. The number of hydrogen-bond donors (Lipinski definition) is 0. The summed E-state index contributed by atoms with van der Waals surface area (Å²) in [6.45, 7) is 15.5. The monoisotopic (exact) mass is 284 g/mol. The van der Waals surface area contributed by atoms with Crippen LogP contribution in [0.4, 0.5) is 0 Å². The third kappa shape index (κ3) is 3.65. The topological polar surface area (TPSA) is 0 Å². The van der Waals surface area contributed by atoms with Gasteiger partial charge < -0.3 is 0 Å². The van der Waals surface area contributed by atoms with Crippen molar-refractivity contribution in [3.05, 3.63) is 57.6 Å². The zero-order chi connectivity index (χ0) is 15.7. The summed E-state index contributed by atoms with van der Waals surface area (Å²) in [6, 6.07) is 9.21. The van der Waals surface area contributed by atoms with Crippen LogP contribution in [0.1, 0.15) is 40.3 Å². The minimum Gasteiger partial charge on any atom is -0.283 e. The zero-order valence-electron chi connectivity index (χ0n) is 15.5. The minimum absolute atomic E-state index is 0. The van der Waals surface area contributed by atoms with Crippen molar-refractivity contribution in [3.63, 3.8) is 0 Å². The molecule has 0 aliphatic rings. The molecule has 0 nitrogen and oxygen atoms in total. The fourth-order valence-corrected chi connectivity index (χ4v) is 3.84. The van der Waals surface area contributed by atoms with Gasteiger partial charge in [0, 0.05) is 0 Å².